The molecule has 1 aliphatic rings. The Kier molecular flexibility index (Phi) is 4.94. The van der Waals surface area contributed by atoms with Crippen LogP contribution in [0.5, 0.6) is 0 Å². The Morgan fingerprint density at radius 1 is 1.37 bits per heavy atom. The van der Waals surface area contributed by atoms with Crippen molar-refractivity contribution in [2.45, 2.75) is 38.5 Å². The zero-order valence-electron chi connectivity index (χ0n) is 15.1. The van der Waals surface area contributed by atoms with Crippen molar-refractivity contribution < 1.29 is 14.3 Å². The first kappa shape index (κ1) is 17.7. The molecule has 3 aromatic rings. The van der Waals surface area contributed by atoms with Crippen molar-refractivity contribution in [2.24, 2.45) is 0 Å². The molecule has 1 atom stereocenters. The number of nitrogens with zero attached hydrogens (tertiary/aromatic N) is 1. The third kappa shape index (κ3) is 3.60. The number of aromatic amines is 1. The molecule has 0 saturated heterocycles. The number of thiazole rings is 1. The number of hydrogen-bond donors (Lipinski definition) is 2. The second kappa shape index (κ2) is 7.52. The number of fused-ring (bicyclic) bond motifs is 2. The summed E-state index contributed by atoms with van der Waals surface area (Å²) in [5.74, 6) is -0.591. The maximum atomic E-state index is 12.3. The molecule has 0 bridgehead atoms. The molecule has 1 aliphatic carbocycles. The minimum absolute atomic E-state index is 0.0691. The first-order valence-electron chi connectivity index (χ1n) is 9.16. The molecule has 140 valence electrons. The van der Waals surface area contributed by atoms with Crippen LogP contribution in [0, 0.1) is 0 Å². The summed E-state index contributed by atoms with van der Waals surface area (Å²) >= 11 is 1.46. The van der Waals surface area contributed by atoms with Crippen LogP contribution in [-0.2, 0) is 27.2 Å². The molecule has 6 nitrogen and oxygen atoms in total. The van der Waals surface area contributed by atoms with Crippen molar-refractivity contribution in [2.75, 3.05) is 11.9 Å². The zero-order chi connectivity index (χ0) is 18.8. The Bertz CT molecular complexity index is 991. The van der Waals surface area contributed by atoms with Gasteiger partial charge in [-0.3, -0.25) is 9.59 Å². The first-order valence-corrected chi connectivity index (χ1v) is 9.98. The number of benzene rings is 1. The number of esters is 1. The summed E-state index contributed by atoms with van der Waals surface area (Å²) in [6.45, 7) is 2.17. The molecule has 4 rings (SSSR count). The van der Waals surface area contributed by atoms with Gasteiger partial charge in [-0.25, -0.2) is 4.98 Å². The van der Waals surface area contributed by atoms with Gasteiger partial charge >= 0.3 is 5.97 Å². The summed E-state index contributed by atoms with van der Waals surface area (Å²) in [7, 11) is 0. The minimum atomic E-state index is -0.298. The number of ether oxygens (including phenoxy) is 1. The number of aryl methyl sites for hydroxylation is 2. The number of amides is 1. The molecule has 0 spiro atoms. The van der Waals surface area contributed by atoms with Crippen LogP contribution in [0.15, 0.2) is 30.5 Å². The van der Waals surface area contributed by atoms with Crippen molar-refractivity contribution in [3.63, 3.8) is 0 Å². The predicted molar refractivity (Wildman–Crippen MR) is 105 cm³/mol. The van der Waals surface area contributed by atoms with Crippen LogP contribution in [0.1, 0.15) is 41.8 Å². The highest BCUT2D eigenvalue weighted by atomic mass is 32.1. The van der Waals surface area contributed by atoms with Gasteiger partial charge in [0.1, 0.15) is 5.92 Å². The largest absolute Gasteiger partial charge is 0.465 e. The minimum Gasteiger partial charge on any atom is -0.465 e. The molecule has 0 aliphatic heterocycles. The lowest BCUT2D eigenvalue weighted by atomic mass is 10.1. The quantitative estimate of drug-likeness (QED) is 0.634. The number of aromatic nitrogens is 2. The second-order valence-corrected chi connectivity index (χ2v) is 7.66. The first-order chi connectivity index (χ1) is 13.2. The van der Waals surface area contributed by atoms with E-state index in [0.29, 0.717) is 24.6 Å². The number of rotatable bonds is 6. The highest BCUT2D eigenvalue weighted by molar-refractivity contribution is 7.16. The van der Waals surface area contributed by atoms with Gasteiger partial charge in [0.15, 0.2) is 5.13 Å². The fraction of sp³-hybridized carbons (Fsp3) is 0.350. The van der Waals surface area contributed by atoms with E-state index in [2.05, 4.69) is 21.4 Å². The fourth-order valence-corrected chi connectivity index (χ4v) is 4.58. The van der Waals surface area contributed by atoms with Crippen LogP contribution in [0.25, 0.3) is 10.9 Å². The highest BCUT2D eigenvalue weighted by Crippen LogP contribution is 2.39. The van der Waals surface area contributed by atoms with E-state index >= 15 is 0 Å². The van der Waals surface area contributed by atoms with Gasteiger partial charge in [-0.05, 0) is 37.8 Å². The predicted octanol–water partition coefficient (Wildman–Crippen LogP) is 3.79. The Balaban J connectivity index is 1.38. The molecule has 27 heavy (non-hydrogen) atoms. The van der Waals surface area contributed by atoms with Crippen molar-refractivity contribution in [3.05, 3.63) is 46.6 Å². The lowest BCUT2D eigenvalue weighted by molar-refractivity contribution is -0.145. The third-order valence-electron chi connectivity index (χ3n) is 4.83. The van der Waals surface area contributed by atoms with Crippen molar-refractivity contribution in [1.29, 1.82) is 0 Å². The molecule has 2 aromatic heterocycles. The van der Waals surface area contributed by atoms with Crippen LogP contribution >= 0.6 is 11.3 Å². The number of carbonyl (C=O) groups is 2. The smallest absolute Gasteiger partial charge is 0.315 e. The Morgan fingerprint density at radius 3 is 3.07 bits per heavy atom. The monoisotopic (exact) mass is 383 g/mol. The van der Waals surface area contributed by atoms with Gasteiger partial charge < -0.3 is 15.0 Å². The number of anilines is 1. The third-order valence-corrected chi connectivity index (χ3v) is 5.88. The normalized spacial score (nSPS) is 15.7. The van der Waals surface area contributed by atoms with E-state index in [9.17, 15) is 9.59 Å². The molecule has 0 radical (unpaired) electrons. The van der Waals surface area contributed by atoms with E-state index < -0.39 is 0 Å². The summed E-state index contributed by atoms with van der Waals surface area (Å²) in [5, 5.41) is 4.60. The Labute approximate surface area is 161 Å². The van der Waals surface area contributed by atoms with E-state index in [-0.39, 0.29) is 17.8 Å². The molecular formula is C20H21N3O3S. The summed E-state index contributed by atoms with van der Waals surface area (Å²) in [6.07, 6.45) is 4.54. The molecule has 0 saturated carbocycles. The van der Waals surface area contributed by atoms with E-state index in [1.807, 2.05) is 24.4 Å². The van der Waals surface area contributed by atoms with Crippen molar-refractivity contribution >= 4 is 39.2 Å². The SMILES string of the molecule is CCOC(=O)C1CCc2sc(NC(=O)CCc3c[nH]c4ccccc34)nc21. The van der Waals surface area contributed by atoms with Crippen LogP contribution < -0.4 is 5.32 Å². The van der Waals surface area contributed by atoms with E-state index in [1.165, 1.54) is 11.3 Å². The van der Waals surface area contributed by atoms with Crippen LogP contribution in [0.2, 0.25) is 0 Å². The highest BCUT2D eigenvalue weighted by Gasteiger charge is 2.33. The van der Waals surface area contributed by atoms with Gasteiger partial charge in [0, 0.05) is 28.4 Å². The molecule has 1 unspecified atom stereocenters. The molecule has 2 N–H and O–H groups in total. The van der Waals surface area contributed by atoms with Gasteiger partial charge in [0.05, 0.1) is 12.3 Å². The molecular weight excluding hydrogens is 362 g/mol. The standard InChI is InChI=1S/C20H21N3O3S/c1-2-26-19(25)14-8-9-16-18(14)23-20(27-16)22-17(24)10-7-12-11-21-15-6-4-3-5-13(12)15/h3-6,11,14,21H,2,7-10H2,1H3,(H,22,23,24). The van der Waals surface area contributed by atoms with E-state index in [0.717, 1.165) is 39.9 Å². The molecule has 1 amide bonds. The van der Waals surface area contributed by atoms with Gasteiger partial charge in [-0.15, -0.1) is 11.3 Å². The molecule has 0 fully saturated rings. The van der Waals surface area contributed by atoms with Gasteiger partial charge in [0.25, 0.3) is 0 Å². The van der Waals surface area contributed by atoms with Gasteiger partial charge in [-0.2, -0.15) is 0 Å². The fourth-order valence-electron chi connectivity index (χ4n) is 3.52. The average Bonchev–Trinajstić information content (AvgIpc) is 3.34. The van der Waals surface area contributed by atoms with Crippen LogP contribution in [0.3, 0.4) is 0 Å². The zero-order valence-corrected chi connectivity index (χ0v) is 15.9. The van der Waals surface area contributed by atoms with Crippen molar-refractivity contribution in [1.82, 2.24) is 9.97 Å². The van der Waals surface area contributed by atoms with Crippen LogP contribution in [0.4, 0.5) is 5.13 Å². The second-order valence-electron chi connectivity index (χ2n) is 6.58. The van der Waals surface area contributed by atoms with E-state index in [1.54, 1.807) is 6.92 Å². The number of nitrogens with one attached hydrogen (secondary N) is 2. The summed E-state index contributed by atoms with van der Waals surface area (Å²) in [5.41, 5.74) is 2.98. The number of carbonyl (C=O) groups excluding carboxylic acids is 2. The van der Waals surface area contributed by atoms with Crippen LogP contribution in [-0.4, -0.2) is 28.5 Å². The molecule has 1 aromatic carbocycles. The topological polar surface area (TPSA) is 84.1 Å². The van der Waals surface area contributed by atoms with E-state index in [4.69, 9.17) is 4.74 Å². The summed E-state index contributed by atoms with van der Waals surface area (Å²) in [4.78, 5) is 33.2. The maximum Gasteiger partial charge on any atom is 0.315 e. The number of para-hydroxylation sites is 1. The van der Waals surface area contributed by atoms with Gasteiger partial charge in [-0.1, -0.05) is 18.2 Å². The Hall–Kier alpha value is -2.67. The number of hydrogen-bond acceptors (Lipinski definition) is 5. The van der Waals surface area contributed by atoms with Crippen molar-refractivity contribution in [3.8, 4) is 0 Å². The number of H-pyrrole nitrogens is 1. The average molecular weight is 383 g/mol. The summed E-state index contributed by atoms with van der Waals surface area (Å²) < 4.78 is 5.12. The summed E-state index contributed by atoms with van der Waals surface area (Å²) in [6, 6.07) is 8.06. The Morgan fingerprint density at radius 2 is 2.22 bits per heavy atom. The lowest BCUT2D eigenvalue weighted by Gasteiger charge is -2.08. The molecule has 7 heteroatoms. The lowest BCUT2D eigenvalue weighted by Crippen LogP contribution is -2.15. The molecule has 2 heterocycles. The maximum absolute atomic E-state index is 12.3. The van der Waals surface area contributed by atoms with Gasteiger partial charge in [0.2, 0.25) is 5.91 Å².